The predicted octanol–water partition coefficient (Wildman–Crippen LogP) is 23.5. The molecule has 0 rings (SSSR count). The molecule has 0 heterocycles. The van der Waals surface area contributed by atoms with Gasteiger partial charge in [0.05, 0.1) is 0 Å². The van der Waals surface area contributed by atoms with Gasteiger partial charge in [-0.2, -0.15) is 0 Å². The molecule has 0 amide bonds. The van der Waals surface area contributed by atoms with Gasteiger partial charge in [-0.3, -0.25) is 14.4 Å². The van der Waals surface area contributed by atoms with E-state index in [1.54, 1.807) is 0 Å². The van der Waals surface area contributed by atoms with Gasteiger partial charge >= 0.3 is 17.9 Å². The molecule has 0 fully saturated rings. The first-order valence-corrected chi connectivity index (χ1v) is 33.8. The normalized spacial score (nSPS) is 13.1. The van der Waals surface area contributed by atoms with Gasteiger partial charge in [-0.25, -0.2) is 0 Å². The summed E-state index contributed by atoms with van der Waals surface area (Å²) in [6, 6.07) is 0. The first-order valence-electron chi connectivity index (χ1n) is 33.8. The first kappa shape index (κ1) is 77.3. The number of hydrogen-bond donors (Lipinski definition) is 0. The molecule has 0 bridgehead atoms. The predicted molar refractivity (Wildman–Crippen MR) is 357 cm³/mol. The van der Waals surface area contributed by atoms with Crippen LogP contribution in [0.25, 0.3) is 0 Å². The molecule has 1 unspecified atom stereocenters. The lowest BCUT2D eigenvalue weighted by Gasteiger charge is -2.18. The van der Waals surface area contributed by atoms with Crippen molar-refractivity contribution in [3.63, 3.8) is 0 Å². The molecule has 0 saturated heterocycles. The van der Waals surface area contributed by atoms with Crippen LogP contribution in [-0.2, 0) is 28.6 Å². The maximum Gasteiger partial charge on any atom is 0.306 e. The lowest BCUT2D eigenvalue weighted by molar-refractivity contribution is -0.167. The molecule has 6 nitrogen and oxygen atoms in total. The summed E-state index contributed by atoms with van der Waals surface area (Å²) in [5.41, 5.74) is 0. The number of ether oxygens (including phenoxy) is 3. The second kappa shape index (κ2) is 68.8. The second-order valence-corrected chi connectivity index (χ2v) is 22.0. The van der Waals surface area contributed by atoms with Crippen molar-refractivity contribution in [1.82, 2.24) is 0 Å². The number of carbonyl (C=O) groups excluding carboxylic acids is 3. The Kier molecular flexibility index (Phi) is 64.8. The quantitative estimate of drug-likeness (QED) is 0.0261. The van der Waals surface area contributed by atoms with Gasteiger partial charge in [-0.15, -0.1) is 0 Å². The summed E-state index contributed by atoms with van der Waals surface area (Å²) in [7, 11) is 0. The van der Waals surface area contributed by atoms with Crippen molar-refractivity contribution in [2.45, 2.75) is 303 Å². The number of hydrogen-bond acceptors (Lipinski definition) is 6. The lowest BCUT2D eigenvalue weighted by atomic mass is 10.1. The van der Waals surface area contributed by atoms with Crippen LogP contribution in [0.5, 0.6) is 0 Å². The van der Waals surface area contributed by atoms with E-state index in [1.165, 1.54) is 103 Å². The smallest absolute Gasteiger partial charge is 0.306 e. The standard InChI is InChI=1S/C76H124O6/c1-4-7-10-13-16-19-22-25-28-31-33-34-35-36-37-38-39-40-41-42-44-45-48-51-54-57-60-63-66-69-75(78)81-72-73(71-80-74(77)68-65-62-59-56-53-50-47-30-27-24-21-18-15-12-9-6-3)82-76(79)70-67-64-61-58-55-52-49-46-43-32-29-26-23-20-17-14-11-8-5-2/h7-8,10-11,16-17,19-20,25-26,28-30,33-34,36-37,39-40,42-44,46-47,73H,4-6,9,12-15,18,21-24,27,31-32,35,38,41,45,48-72H2,1-3H3/b10-7-,11-8-,19-16-,20-17-,28-25-,29-26-,34-33-,37-36-,40-39-,44-42-,46-43-,47-30-. The molecule has 0 saturated carbocycles. The third-order valence-electron chi connectivity index (χ3n) is 14.1. The van der Waals surface area contributed by atoms with E-state index in [2.05, 4.69) is 167 Å². The van der Waals surface area contributed by atoms with Crippen LogP contribution in [0.3, 0.4) is 0 Å². The van der Waals surface area contributed by atoms with Gasteiger partial charge in [0.25, 0.3) is 0 Å². The topological polar surface area (TPSA) is 78.9 Å². The highest BCUT2D eigenvalue weighted by Gasteiger charge is 2.19. The third kappa shape index (κ3) is 66.1. The van der Waals surface area contributed by atoms with Crippen LogP contribution >= 0.6 is 0 Å². The number of unbranched alkanes of at least 4 members (excludes halogenated alkanes) is 25. The molecule has 0 aliphatic carbocycles. The van der Waals surface area contributed by atoms with Gasteiger partial charge < -0.3 is 14.2 Å². The van der Waals surface area contributed by atoms with Crippen molar-refractivity contribution in [1.29, 1.82) is 0 Å². The van der Waals surface area contributed by atoms with Crippen LogP contribution in [-0.4, -0.2) is 37.2 Å². The van der Waals surface area contributed by atoms with Crippen LogP contribution in [0.15, 0.2) is 146 Å². The van der Waals surface area contributed by atoms with Crippen molar-refractivity contribution in [3.05, 3.63) is 146 Å². The Bertz CT molecular complexity index is 1780. The van der Waals surface area contributed by atoms with Crippen LogP contribution in [0.4, 0.5) is 0 Å². The van der Waals surface area contributed by atoms with Crippen molar-refractivity contribution in [2.24, 2.45) is 0 Å². The summed E-state index contributed by atoms with van der Waals surface area (Å²) < 4.78 is 16.9. The van der Waals surface area contributed by atoms with E-state index in [0.29, 0.717) is 19.3 Å². The summed E-state index contributed by atoms with van der Waals surface area (Å²) >= 11 is 0. The van der Waals surface area contributed by atoms with Gasteiger partial charge in [0.2, 0.25) is 0 Å². The van der Waals surface area contributed by atoms with Crippen molar-refractivity contribution in [3.8, 4) is 0 Å². The van der Waals surface area contributed by atoms with E-state index < -0.39 is 6.10 Å². The Labute approximate surface area is 506 Å². The van der Waals surface area contributed by atoms with Crippen LogP contribution in [0.1, 0.15) is 297 Å². The minimum Gasteiger partial charge on any atom is -0.462 e. The summed E-state index contributed by atoms with van der Waals surface area (Å²) in [6.45, 7) is 6.40. The van der Waals surface area contributed by atoms with E-state index in [4.69, 9.17) is 14.2 Å². The van der Waals surface area contributed by atoms with E-state index >= 15 is 0 Å². The van der Waals surface area contributed by atoms with E-state index in [0.717, 1.165) is 154 Å². The summed E-state index contributed by atoms with van der Waals surface area (Å²) in [4.78, 5) is 38.4. The third-order valence-corrected chi connectivity index (χ3v) is 14.1. The Morgan fingerprint density at radius 3 is 0.756 bits per heavy atom. The zero-order valence-electron chi connectivity index (χ0n) is 53.2. The highest BCUT2D eigenvalue weighted by Crippen LogP contribution is 2.15. The Hall–Kier alpha value is -4.71. The zero-order valence-corrected chi connectivity index (χ0v) is 53.2. The summed E-state index contributed by atoms with van der Waals surface area (Å²) in [6.07, 6.45) is 98.5. The zero-order chi connectivity index (χ0) is 59.2. The molecule has 0 spiro atoms. The molecule has 6 heteroatoms. The molecule has 0 aromatic heterocycles. The maximum absolute atomic E-state index is 12.9. The minimum atomic E-state index is -0.802. The first-order chi connectivity index (χ1) is 40.5. The van der Waals surface area contributed by atoms with Crippen LogP contribution in [0, 0.1) is 0 Å². The molecule has 0 aliphatic rings. The molecule has 464 valence electrons. The van der Waals surface area contributed by atoms with Gasteiger partial charge in [0.1, 0.15) is 13.2 Å². The van der Waals surface area contributed by atoms with Crippen LogP contribution in [0.2, 0.25) is 0 Å². The highest BCUT2D eigenvalue weighted by atomic mass is 16.6. The molecule has 1 atom stereocenters. The second-order valence-electron chi connectivity index (χ2n) is 22.0. The Morgan fingerprint density at radius 2 is 0.476 bits per heavy atom. The number of allylic oxidation sites excluding steroid dienone is 24. The average molecular weight is 1130 g/mol. The summed E-state index contributed by atoms with van der Waals surface area (Å²) in [5, 5.41) is 0. The van der Waals surface area contributed by atoms with Gasteiger partial charge in [-0.1, -0.05) is 282 Å². The SMILES string of the molecule is CC/C=C\C/C=C\C/C=C\C/C=C\C/C=C\C/C=C\C/C=C\CCCCCCCCCC(=O)OCC(COC(=O)CCCCCCC/C=C\CCCCCCCCC)OC(=O)CCCCCCCC/C=C\C/C=C\C/C=C\C/C=C\CC. The number of carbonyl (C=O) groups is 3. The Balaban J connectivity index is 4.42. The van der Waals surface area contributed by atoms with Gasteiger partial charge in [-0.05, 0) is 141 Å². The minimum absolute atomic E-state index is 0.0956. The van der Waals surface area contributed by atoms with E-state index in [9.17, 15) is 14.4 Å². The molecular weight excluding hydrogens is 1010 g/mol. The Morgan fingerprint density at radius 1 is 0.256 bits per heavy atom. The number of rotatable bonds is 60. The molecule has 0 aliphatic heterocycles. The molecule has 0 aromatic carbocycles. The largest absolute Gasteiger partial charge is 0.462 e. The van der Waals surface area contributed by atoms with Crippen LogP contribution < -0.4 is 0 Å². The maximum atomic E-state index is 12.9. The summed E-state index contributed by atoms with van der Waals surface area (Å²) in [5.74, 6) is -0.925. The molecule has 82 heavy (non-hydrogen) atoms. The molecule has 0 N–H and O–H groups in total. The highest BCUT2D eigenvalue weighted by molar-refractivity contribution is 5.71. The fraction of sp³-hybridized carbons (Fsp3) is 0.645. The lowest BCUT2D eigenvalue weighted by Crippen LogP contribution is -2.30. The average Bonchev–Trinajstić information content (AvgIpc) is 3.47. The van der Waals surface area contributed by atoms with Crippen molar-refractivity contribution in [2.75, 3.05) is 13.2 Å². The van der Waals surface area contributed by atoms with Gasteiger partial charge in [0, 0.05) is 19.3 Å². The monoisotopic (exact) mass is 1130 g/mol. The molecule has 0 aromatic rings. The fourth-order valence-corrected chi connectivity index (χ4v) is 9.06. The van der Waals surface area contributed by atoms with E-state index in [-0.39, 0.29) is 31.1 Å². The van der Waals surface area contributed by atoms with Crippen molar-refractivity contribution >= 4 is 17.9 Å². The van der Waals surface area contributed by atoms with Crippen molar-refractivity contribution < 1.29 is 28.6 Å². The van der Waals surface area contributed by atoms with Gasteiger partial charge in [0.15, 0.2) is 6.10 Å². The number of esters is 3. The molecular formula is C76H124O6. The fourth-order valence-electron chi connectivity index (χ4n) is 9.06. The van der Waals surface area contributed by atoms with E-state index in [1.807, 2.05) is 0 Å². The molecule has 0 radical (unpaired) electrons.